The summed E-state index contributed by atoms with van der Waals surface area (Å²) in [4.78, 5) is 15.4. The Morgan fingerprint density at radius 2 is 2.15 bits per heavy atom. The Balaban J connectivity index is 2.08. The van der Waals surface area contributed by atoms with Crippen LogP contribution < -0.4 is 5.32 Å². The summed E-state index contributed by atoms with van der Waals surface area (Å²) in [5.41, 5.74) is 1.70. The van der Waals surface area contributed by atoms with Crippen molar-refractivity contribution in [2.24, 2.45) is 0 Å². The molecule has 0 aromatic heterocycles. The van der Waals surface area contributed by atoms with Crippen LogP contribution in [0.3, 0.4) is 0 Å². The topological polar surface area (TPSA) is 61.7 Å². The highest BCUT2D eigenvalue weighted by molar-refractivity contribution is 5.66. The quantitative estimate of drug-likeness (QED) is 0.669. The van der Waals surface area contributed by atoms with Crippen molar-refractivity contribution >= 4 is 11.4 Å². The SMILES string of the molecule is Cc1cccc([N+](=O)[O-])c1NCC1CN(C)CCN1C. The first-order chi connectivity index (χ1) is 9.49. The third-order valence-corrected chi connectivity index (χ3v) is 3.94. The Bertz CT molecular complexity index is 492. The van der Waals surface area contributed by atoms with E-state index in [1.165, 1.54) is 0 Å². The van der Waals surface area contributed by atoms with Crippen LogP contribution in [-0.2, 0) is 0 Å². The molecule has 1 atom stereocenters. The molecular formula is C14H22N4O2. The van der Waals surface area contributed by atoms with E-state index in [-0.39, 0.29) is 10.6 Å². The van der Waals surface area contributed by atoms with Crippen LogP contribution in [-0.4, -0.2) is 61.0 Å². The number of para-hydroxylation sites is 1. The zero-order chi connectivity index (χ0) is 14.7. The maximum atomic E-state index is 11.1. The molecule has 0 amide bonds. The predicted molar refractivity (Wildman–Crippen MR) is 80.2 cm³/mol. The number of likely N-dealkylation sites (N-methyl/N-ethyl adjacent to an activating group) is 2. The molecule has 6 nitrogen and oxygen atoms in total. The molecule has 0 spiro atoms. The van der Waals surface area contributed by atoms with Gasteiger partial charge in [-0.3, -0.25) is 15.0 Å². The fourth-order valence-corrected chi connectivity index (χ4v) is 2.58. The van der Waals surface area contributed by atoms with E-state index in [0.717, 1.165) is 25.2 Å². The lowest BCUT2D eigenvalue weighted by molar-refractivity contribution is -0.384. The molecule has 1 N–H and O–H groups in total. The highest BCUT2D eigenvalue weighted by Crippen LogP contribution is 2.27. The van der Waals surface area contributed by atoms with Crippen molar-refractivity contribution in [3.63, 3.8) is 0 Å². The average Bonchev–Trinajstić information content (AvgIpc) is 2.40. The molecule has 0 bridgehead atoms. The van der Waals surface area contributed by atoms with Gasteiger partial charge in [0.25, 0.3) is 5.69 Å². The summed E-state index contributed by atoms with van der Waals surface area (Å²) in [6.45, 7) is 5.68. The maximum absolute atomic E-state index is 11.1. The Kier molecular flexibility index (Phi) is 4.57. The number of benzene rings is 1. The smallest absolute Gasteiger partial charge is 0.292 e. The lowest BCUT2D eigenvalue weighted by Gasteiger charge is -2.37. The summed E-state index contributed by atoms with van der Waals surface area (Å²) in [5, 5.41) is 14.4. The highest BCUT2D eigenvalue weighted by Gasteiger charge is 2.23. The van der Waals surface area contributed by atoms with Gasteiger partial charge in [-0.25, -0.2) is 0 Å². The van der Waals surface area contributed by atoms with E-state index in [2.05, 4.69) is 29.2 Å². The Hall–Kier alpha value is -1.66. The van der Waals surface area contributed by atoms with E-state index in [0.29, 0.717) is 18.3 Å². The number of piperazine rings is 1. The van der Waals surface area contributed by atoms with Gasteiger partial charge in [0.1, 0.15) is 5.69 Å². The van der Waals surface area contributed by atoms with Crippen molar-refractivity contribution in [2.45, 2.75) is 13.0 Å². The molecule has 1 saturated heterocycles. The van der Waals surface area contributed by atoms with Gasteiger partial charge in [-0.05, 0) is 26.6 Å². The summed E-state index contributed by atoms with van der Waals surface area (Å²) in [6, 6.07) is 5.53. The predicted octanol–water partition coefficient (Wildman–Crippen LogP) is 1.56. The maximum Gasteiger partial charge on any atom is 0.292 e. The van der Waals surface area contributed by atoms with Gasteiger partial charge in [0, 0.05) is 38.3 Å². The van der Waals surface area contributed by atoms with Crippen LogP contribution in [0.25, 0.3) is 0 Å². The van der Waals surface area contributed by atoms with E-state index in [9.17, 15) is 10.1 Å². The fourth-order valence-electron chi connectivity index (χ4n) is 2.58. The Morgan fingerprint density at radius 1 is 1.40 bits per heavy atom. The molecule has 2 rings (SSSR count). The number of nitro groups is 1. The number of hydrogen-bond acceptors (Lipinski definition) is 5. The van der Waals surface area contributed by atoms with E-state index >= 15 is 0 Å². The number of nitrogens with one attached hydrogen (secondary N) is 1. The second-order valence-corrected chi connectivity index (χ2v) is 5.50. The van der Waals surface area contributed by atoms with Crippen LogP contribution in [0.5, 0.6) is 0 Å². The lowest BCUT2D eigenvalue weighted by Crippen LogP contribution is -2.52. The third-order valence-electron chi connectivity index (χ3n) is 3.94. The van der Waals surface area contributed by atoms with E-state index < -0.39 is 0 Å². The van der Waals surface area contributed by atoms with Crippen LogP contribution in [0.4, 0.5) is 11.4 Å². The van der Waals surface area contributed by atoms with Crippen molar-refractivity contribution < 1.29 is 4.92 Å². The number of anilines is 1. The summed E-state index contributed by atoms with van der Waals surface area (Å²) >= 11 is 0. The number of aryl methyl sites for hydroxylation is 1. The second-order valence-electron chi connectivity index (χ2n) is 5.50. The van der Waals surface area contributed by atoms with Gasteiger partial charge in [-0.2, -0.15) is 0 Å². The number of hydrogen-bond donors (Lipinski definition) is 1. The highest BCUT2D eigenvalue weighted by atomic mass is 16.6. The van der Waals surface area contributed by atoms with Gasteiger partial charge in [-0.15, -0.1) is 0 Å². The molecule has 1 fully saturated rings. The first kappa shape index (κ1) is 14.7. The van der Waals surface area contributed by atoms with Crippen molar-refractivity contribution in [2.75, 3.05) is 45.6 Å². The molecule has 0 radical (unpaired) electrons. The minimum absolute atomic E-state index is 0.150. The molecule has 1 aliphatic rings. The van der Waals surface area contributed by atoms with Crippen LogP contribution in [0, 0.1) is 17.0 Å². The molecule has 1 heterocycles. The standard InChI is InChI=1S/C14H22N4O2/c1-11-5-4-6-13(18(19)20)14(11)15-9-12-10-16(2)7-8-17(12)3/h4-6,12,15H,7-10H2,1-3H3. The summed E-state index contributed by atoms with van der Waals surface area (Å²) in [7, 11) is 4.21. The zero-order valence-corrected chi connectivity index (χ0v) is 12.3. The first-order valence-corrected chi connectivity index (χ1v) is 6.85. The average molecular weight is 278 g/mol. The molecule has 110 valence electrons. The van der Waals surface area contributed by atoms with E-state index in [1.54, 1.807) is 12.1 Å². The van der Waals surface area contributed by atoms with E-state index in [4.69, 9.17) is 0 Å². The Labute approximate surface area is 119 Å². The largest absolute Gasteiger partial charge is 0.378 e. The van der Waals surface area contributed by atoms with Crippen LogP contribution in [0.2, 0.25) is 0 Å². The molecular weight excluding hydrogens is 256 g/mol. The van der Waals surface area contributed by atoms with Crippen molar-refractivity contribution in [1.29, 1.82) is 0 Å². The number of rotatable bonds is 4. The van der Waals surface area contributed by atoms with Crippen molar-refractivity contribution in [3.8, 4) is 0 Å². The van der Waals surface area contributed by atoms with Gasteiger partial charge in [0.15, 0.2) is 0 Å². The molecule has 6 heteroatoms. The van der Waals surface area contributed by atoms with Crippen molar-refractivity contribution in [3.05, 3.63) is 33.9 Å². The van der Waals surface area contributed by atoms with Gasteiger partial charge < -0.3 is 10.2 Å². The minimum atomic E-state index is -0.327. The molecule has 1 aliphatic heterocycles. The van der Waals surface area contributed by atoms with E-state index in [1.807, 2.05) is 13.0 Å². The summed E-state index contributed by atoms with van der Waals surface area (Å²) in [6.07, 6.45) is 0. The number of nitro benzene ring substituents is 1. The molecule has 1 unspecified atom stereocenters. The number of nitrogens with zero attached hydrogens (tertiary/aromatic N) is 3. The first-order valence-electron chi connectivity index (χ1n) is 6.85. The van der Waals surface area contributed by atoms with Gasteiger partial charge in [-0.1, -0.05) is 12.1 Å². The monoisotopic (exact) mass is 278 g/mol. The molecule has 1 aromatic carbocycles. The lowest BCUT2D eigenvalue weighted by atomic mass is 10.1. The van der Waals surface area contributed by atoms with Crippen LogP contribution in [0.1, 0.15) is 5.56 Å². The van der Waals surface area contributed by atoms with Gasteiger partial charge >= 0.3 is 0 Å². The molecule has 0 saturated carbocycles. The van der Waals surface area contributed by atoms with Crippen molar-refractivity contribution in [1.82, 2.24) is 9.80 Å². The normalized spacial score (nSPS) is 20.9. The molecule has 20 heavy (non-hydrogen) atoms. The second kappa shape index (κ2) is 6.19. The van der Waals surface area contributed by atoms with Gasteiger partial charge in [0.2, 0.25) is 0 Å². The molecule has 0 aliphatic carbocycles. The zero-order valence-electron chi connectivity index (χ0n) is 12.3. The van der Waals surface area contributed by atoms with Gasteiger partial charge in [0.05, 0.1) is 4.92 Å². The summed E-state index contributed by atoms with van der Waals surface area (Å²) in [5.74, 6) is 0. The molecule has 1 aromatic rings. The summed E-state index contributed by atoms with van der Waals surface area (Å²) < 4.78 is 0. The third kappa shape index (κ3) is 3.26. The van der Waals surface area contributed by atoms with Crippen LogP contribution in [0.15, 0.2) is 18.2 Å². The fraction of sp³-hybridized carbons (Fsp3) is 0.571. The Morgan fingerprint density at radius 3 is 2.85 bits per heavy atom. The minimum Gasteiger partial charge on any atom is -0.378 e. The van der Waals surface area contributed by atoms with Crippen LogP contribution >= 0.6 is 0 Å².